The molecular weight excluding hydrogens is 344 g/mol. The van der Waals surface area contributed by atoms with E-state index in [1.807, 2.05) is 62.4 Å². The summed E-state index contributed by atoms with van der Waals surface area (Å²) in [5, 5.41) is 0.761. The van der Waals surface area contributed by atoms with Gasteiger partial charge in [-0.25, -0.2) is 4.79 Å². The number of hydrogen-bond acceptors (Lipinski definition) is 3. The zero-order chi connectivity index (χ0) is 16.1. The lowest BCUT2D eigenvalue weighted by molar-refractivity contribution is 0.0603. The van der Waals surface area contributed by atoms with Gasteiger partial charge in [-0.1, -0.05) is 60.1 Å². The Hall–Kier alpha value is -2.07. The first-order valence-corrected chi connectivity index (χ1v) is 7.86. The van der Waals surface area contributed by atoms with Gasteiger partial charge in [0.2, 0.25) is 0 Å². The molecule has 4 heteroatoms. The Morgan fingerprint density at radius 1 is 1.05 bits per heavy atom. The third kappa shape index (κ3) is 3.07. The van der Waals surface area contributed by atoms with Crippen LogP contribution in [0.1, 0.15) is 24.2 Å². The van der Waals surface area contributed by atoms with Gasteiger partial charge in [0.1, 0.15) is 16.9 Å². The first kappa shape index (κ1) is 16.3. The van der Waals surface area contributed by atoms with Crippen LogP contribution >= 0.6 is 15.9 Å². The van der Waals surface area contributed by atoms with Gasteiger partial charge in [0.05, 0.1) is 7.11 Å². The van der Waals surface area contributed by atoms with Crippen molar-refractivity contribution in [3.63, 3.8) is 0 Å². The van der Waals surface area contributed by atoms with Crippen molar-refractivity contribution in [3.8, 4) is 11.3 Å². The van der Waals surface area contributed by atoms with Crippen LogP contribution in [-0.2, 0) is 4.74 Å². The Morgan fingerprint density at radius 2 is 1.68 bits per heavy atom. The normalized spacial score (nSPS) is 10.0. The Balaban J connectivity index is 0.000000847. The van der Waals surface area contributed by atoms with E-state index in [0.717, 1.165) is 15.4 Å². The van der Waals surface area contributed by atoms with Crippen molar-refractivity contribution in [2.24, 2.45) is 0 Å². The van der Waals surface area contributed by atoms with Crippen molar-refractivity contribution < 1.29 is 13.9 Å². The molecule has 3 rings (SSSR count). The molecule has 114 valence electrons. The zero-order valence-electron chi connectivity index (χ0n) is 12.7. The van der Waals surface area contributed by atoms with Crippen molar-refractivity contribution in [3.05, 3.63) is 58.6 Å². The van der Waals surface area contributed by atoms with E-state index in [1.165, 1.54) is 7.11 Å². The molecule has 3 nitrogen and oxygen atoms in total. The number of hydrogen-bond donors (Lipinski definition) is 0. The predicted molar refractivity (Wildman–Crippen MR) is 92.0 cm³/mol. The maximum Gasteiger partial charge on any atom is 0.342 e. The van der Waals surface area contributed by atoms with Gasteiger partial charge in [-0.3, -0.25) is 0 Å². The summed E-state index contributed by atoms with van der Waals surface area (Å²) in [6.45, 7) is 4.00. The first-order valence-electron chi connectivity index (χ1n) is 7.06. The van der Waals surface area contributed by atoms with E-state index >= 15 is 0 Å². The minimum atomic E-state index is -0.395. The molecule has 2 aromatic carbocycles. The molecular formula is C18H17BrO3. The number of rotatable bonds is 2. The topological polar surface area (TPSA) is 39.4 Å². The number of methoxy groups -OCH3 is 1. The van der Waals surface area contributed by atoms with Gasteiger partial charge in [-0.2, -0.15) is 0 Å². The number of esters is 1. The molecule has 1 aromatic heterocycles. The second-order valence-corrected chi connectivity index (χ2v) is 5.22. The van der Waals surface area contributed by atoms with E-state index in [-0.39, 0.29) is 0 Å². The average Bonchev–Trinajstić information content (AvgIpc) is 2.96. The molecule has 0 radical (unpaired) electrons. The minimum absolute atomic E-state index is 0.395. The second-order valence-electron chi connectivity index (χ2n) is 4.30. The van der Waals surface area contributed by atoms with Crippen LogP contribution in [-0.4, -0.2) is 13.1 Å². The first-order chi connectivity index (χ1) is 10.7. The van der Waals surface area contributed by atoms with Crippen LogP contribution in [0.25, 0.3) is 22.3 Å². The third-order valence-corrected chi connectivity index (χ3v) is 3.62. The zero-order valence-corrected chi connectivity index (χ0v) is 14.3. The van der Waals surface area contributed by atoms with Gasteiger partial charge in [0, 0.05) is 15.4 Å². The molecule has 0 spiro atoms. The van der Waals surface area contributed by atoms with Crippen molar-refractivity contribution in [1.82, 2.24) is 0 Å². The fraction of sp³-hybridized carbons (Fsp3) is 0.167. The Kier molecular flexibility index (Phi) is 5.39. The number of carbonyl (C=O) groups is 1. The summed E-state index contributed by atoms with van der Waals surface area (Å²) < 4.78 is 11.7. The molecule has 0 aliphatic heterocycles. The fourth-order valence-electron chi connectivity index (χ4n) is 2.15. The summed E-state index contributed by atoms with van der Waals surface area (Å²) in [7, 11) is 1.37. The number of benzene rings is 2. The molecule has 0 fully saturated rings. The lowest BCUT2D eigenvalue weighted by atomic mass is 10.1. The van der Waals surface area contributed by atoms with Gasteiger partial charge >= 0.3 is 5.97 Å². The van der Waals surface area contributed by atoms with Crippen LogP contribution in [0.3, 0.4) is 0 Å². The van der Waals surface area contributed by atoms with Crippen LogP contribution < -0.4 is 0 Å². The molecule has 0 amide bonds. The van der Waals surface area contributed by atoms with Gasteiger partial charge in [0.15, 0.2) is 0 Å². The number of para-hydroxylation sites is 1. The lowest BCUT2D eigenvalue weighted by Crippen LogP contribution is -2.01. The van der Waals surface area contributed by atoms with E-state index in [4.69, 9.17) is 9.15 Å². The summed E-state index contributed by atoms with van der Waals surface area (Å²) in [4.78, 5) is 12.1. The summed E-state index contributed by atoms with van der Waals surface area (Å²) in [6, 6.07) is 15.0. The molecule has 1 heterocycles. The number of carbonyl (C=O) groups excluding carboxylic acids is 1. The number of ether oxygens (including phenoxy) is 1. The minimum Gasteiger partial charge on any atom is -0.465 e. The molecule has 0 bridgehead atoms. The largest absolute Gasteiger partial charge is 0.465 e. The van der Waals surface area contributed by atoms with Gasteiger partial charge < -0.3 is 9.15 Å². The molecule has 0 N–H and O–H groups in total. The van der Waals surface area contributed by atoms with Gasteiger partial charge in [0.25, 0.3) is 0 Å². The van der Waals surface area contributed by atoms with E-state index in [1.54, 1.807) is 0 Å². The van der Waals surface area contributed by atoms with Crippen LogP contribution in [0.15, 0.2) is 57.4 Å². The molecule has 0 saturated carbocycles. The van der Waals surface area contributed by atoms with Gasteiger partial charge in [-0.05, 0) is 18.2 Å². The maximum atomic E-state index is 12.1. The predicted octanol–water partition coefficient (Wildman–Crippen LogP) is 5.68. The Labute approximate surface area is 138 Å². The van der Waals surface area contributed by atoms with E-state index in [9.17, 15) is 4.79 Å². The van der Waals surface area contributed by atoms with Crippen molar-refractivity contribution in [2.45, 2.75) is 13.8 Å². The van der Waals surface area contributed by atoms with E-state index in [0.29, 0.717) is 16.9 Å². The molecule has 0 unspecified atom stereocenters. The molecule has 0 saturated heterocycles. The molecule has 22 heavy (non-hydrogen) atoms. The van der Waals surface area contributed by atoms with Crippen LogP contribution in [0.2, 0.25) is 0 Å². The Bertz CT molecular complexity index is 773. The van der Waals surface area contributed by atoms with Crippen molar-refractivity contribution >= 4 is 32.9 Å². The van der Waals surface area contributed by atoms with Crippen molar-refractivity contribution in [1.29, 1.82) is 0 Å². The molecule has 0 atom stereocenters. The number of halogens is 1. The van der Waals surface area contributed by atoms with E-state index in [2.05, 4.69) is 15.9 Å². The van der Waals surface area contributed by atoms with E-state index < -0.39 is 5.97 Å². The third-order valence-electron chi connectivity index (χ3n) is 3.09. The summed E-state index contributed by atoms with van der Waals surface area (Å²) in [5.74, 6) is 0.137. The van der Waals surface area contributed by atoms with Gasteiger partial charge in [-0.15, -0.1) is 0 Å². The molecule has 3 aromatic rings. The number of furan rings is 1. The molecule has 0 aliphatic carbocycles. The van der Waals surface area contributed by atoms with Crippen LogP contribution in [0.5, 0.6) is 0 Å². The fourth-order valence-corrected chi connectivity index (χ4v) is 2.42. The average molecular weight is 361 g/mol. The highest BCUT2D eigenvalue weighted by Gasteiger charge is 2.22. The summed E-state index contributed by atoms with van der Waals surface area (Å²) in [6.07, 6.45) is 0. The lowest BCUT2D eigenvalue weighted by Gasteiger charge is -2.02. The smallest absolute Gasteiger partial charge is 0.342 e. The van der Waals surface area contributed by atoms with Crippen LogP contribution in [0.4, 0.5) is 0 Å². The standard InChI is InChI=1S/C16H11BrO3.C2H6/c1-19-16(18)14-12-4-2-3-5-13(12)20-15(14)10-6-8-11(17)9-7-10;1-2/h2-9H,1H3;1-2H3. The highest BCUT2D eigenvalue weighted by molar-refractivity contribution is 9.10. The highest BCUT2D eigenvalue weighted by Crippen LogP contribution is 2.34. The Morgan fingerprint density at radius 3 is 2.32 bits per heavy atom. The van der Waals surface area contributed by atoms with Crippen LogP contribution in [0, 0.1) is 0 Å². The van der Waals surface area contributed by atoms with Crippen molar-refractivity contribution in [2.75, 3.05) is 7.11 Å². The maximum absolute atomic E-state index is 12.1. The highest BCUT2D eigenvalue weighted by atomic mass is 79.9. The molecule has 0 aliphatic rings. The monoisotopic (exact) mass is 360 g/mol. The summed E-state index contributed by atoms with van der Waals surface area (Å²) >= 11 is 3.39. The number of fused-ring (bicyclic) bond motifs is 1. The SMILES string of the molecule is CC.COC(=O)c1c(-c2ccc(Br)cc2)oc2ccccc12. The quantitative estimate of drug-likeness (QED) is 0.552. The second kappa shape index (κ2) is 7.27. The summed E-state index contributed by atoms with van der Waals surface area (Å²) in [5.41, 5.74) is 1.97.